The lowest BCUT2D eigenvalue weighted by molar-refractivity contribution is -0.127. The highest BCUT2D eigenvalue weighted by atomic mass is 16.1. The van der Waals surface area contributed by atoms with E-state index in [4.69, 9.17) is 0 Å². The van der Waals surface area contributed by atoms with Gasteiger partial charge in [-0.1, -0.05) is 19.1 Å². The van der Waals surface area contributed by atoms with Gasteiger partial charge >= 0.3 is 0 Å². The van der Waals surface area contributed by atoms with Crippen molar-refractivity contribution in [2.45, 2.75) is 26.2 Å². The summed E-state index contributed by atoms with van der Waals surface area (Å²) in [6, 6.07) is 8.03. The molecule has 1 aliphatic heterocycles. The maximum absolute atomic E-state index is 12.7. The average molecular weight is 271 g/mol. The Labute approximate surface area is 119 Å². The van der Waals surface area contributed by atoms with Gasteiger partial charge in [-0.3, -0.25) is 4.79 Å². The maximum Gasteiger partial charge on any atom is 0.147 e. The van der Waals surface area contributed by atoms with Crippen LogP contribution in [0.25, 0.3) is 11.0 Å². The predicted molar refractivity (Wildman–Crippen MR) is 79.6 cm³/mol. The molecule has 1 atom stereocenters. The van der Waals surface area contributed by atoms with Crippen LogP contribution in [0.3, 0.4) is 0 Å². The number of Topliss-reactive ketones (excluding diaryl/α,β-unsaturated/α-hetero) is 1. The van der Waals surface area contributed by atoms with Crippen molar-refractivity contribution in [3.8, 4) is 0 Å². The first-order valence-electron chi connectivity index (χ1n) is 7.31. The van der Waals surface area contributed by atoms with E-state index in [1.54, 1.807) is 0 Å². The normalized spacial score (nSPS) is 22.5. The highest BCUT2D eigenvalue weighted by molar-refractivity contribution is 5.88. The molecule has 1 saturated heterocycles. The molecule has 1 aromatic heterocycles. The molecule has 3 rings (SSSR count). The van der Waals surface area contributed by atoms with Crippen LogP contribution in [0.4, 0.5) is 0 Å². The van der Waals surface area contributed by atoms with Crippen molar-refractivity contribution in [2.75, 3.05) is 13.1 Å². The fourth-order valence-electron chi connectivity index (χ4n) is 3.17. The first-order chi connectivity index (χ1) is 9.66. The van der Waals surface area contributed by atoms with Gasteiger partial charge in [0.1, 0.15) is 11.6 Å². The van der Waals surface area contributed by atoms with Crippen molar-refractivity contribution in [1.82, 2.24) is 14.9 Å². The van der Waals surface area contributed by atoms with Crippen LogP contribution in [0, 0.1) is 5.41 Å². The minimum Gasteiger partial charge on any atom is -0.331 e. The summed E-state index contributed by atoms with van der Waals surface area (Å²) >= 11 is 0. The topological polar surface area (TPSA) is 46.9 Å². The van der Waals surface area contributed by atoms with E-state index in [0.717, 1.165) is 42.8 Å². The molecule has 0 aliphatic carbocycles. The summed E-state index contributed by atoms with van der Waals surface area (Å²) in [6.07, 6.45) is 2.29. The van der Waals surface area contributed by atoms with E-state index in [9.17, 15) is 4.79 Å². The molecule has 0 saturated carbocycles. The minimum atomic E-state index is -0.182. The molecule has 1 N–H and O–H groups in total. The number of aromatic nitrogens is 2. The highest BCUT2D eigenvalue weighted by Gasteiger charge is 2.39. The quantitative estimate of drug-likeness (QED) is 0.926. The van der Waals surface area contributed by atoms with Gasteiger partial charge in [0.05, 0.1) is 17.5 Å². The van der Waals surface area contributed by atoms with Crippen LogP contribution in [0.15, 0.2) is 24.3 Å². The Balaban J connectivity index is 1.89. The molecular weight excluding hydrogens is 250 g/mol. The van der Waals surface area contributed by atoms with Crippen LogP contribution >= 0.6 is 0 Å². The molecule has 0 amide bonds. The van der Waals surface area contributed by atoms with Crippen LogP contribution in [-0.2, 0) is 18.3 Å². The van der Waals surface area contributed by atoms with Crippen molar-refractivity contribution >= 4 is 16.8 Å². The fourth-order valence-corrected chi connectivity index (χ4v) is 3.17. The molecule has 20 heavy (non-hydrogen) atoms. The summed E-state index contributed by atoms with van der Waals surface area (Å²) in [5.41, 5.74) is 1.87. The number of rotatable bonds is 4. The number of carbonyl (C=O) groups excluding carboxylic acids is 1. The zero-order chi connectivity index (χ0) is 14.2. The second-order valence-electron chi connectivity index (χ2n) is 5.74. The van der Waals surface area contributed by atoms with E-state index in [1.807, 2.05) is 35.9 Å². The zero-order valence-corrected chi connectivity index (χ0v) is 12.1. The molecule has 2 heterocycles. The molecule has 4 heteroatoms. The van der Waals surface area contributed by atoms with Gasteiger partial charge in [0.25, 0.3) is 0 Å². The SMILES string of the molecule is CCC1(C(=O)Cc2nc3ccccc3n2C)CCNC1. The van der Waals surface area contributed by atoms with Gasteiger partial charge in [-0.25, -0.2) is 4.98 Å². The number of imidazole rings is 1. The first kappa shape index (κ1) is 13.3. The Bertz CT molecular complexity index is 638. The Morgan fingerprint density at radius 3 is 2.90 bits per heavy atom. The number of para-hydroxylation sites is 2. The van der Waals surface area contributed by atoms with Crippen LogP contribution in [0.2, 0.25) is 0 Å². The largest absolute Gasteiger partial charge is 0.331 e. The Hall–Kier alpha value is -1.68. The standard InChI is InChI=1S/C16H21N3O/c1-3-16(8-9-17-11-16)14(20)10-15-18-12-6-4-5-7-13(12)19(15)2/h4-7,17H,3,8-11H2,1-2H3. The lowest BCUT2D eigenvalue weighted by Crippen LogP contribution is -2.34. The minimum absolute atomic E-state index is 0.182. The summed E-state index contributed by atoms with van der Waals surface area (Å²) < 4.78 is 2.04. The smallest absolute Gasteiger partial charge is 0.147 e. The Kier molecular flexibility index (Phi) is 3.34. The number of nitrogens with one attached hydrogen (secondary N) is 1. The summed E-state index contributed by atoms with van der Waals surface area (Å²) in [5.74, 6) is 1.19. The molecule has 1 unspecified atom stereocenters. The van der Waals surface area contributed by atoms with E-state index in [1.165, 1.54) is 0 Å². The molecule has 1 aliphatic rings. The number of fused-ring (bicyclic) bond motifs is 1. The van der Waals surface area contributed by atoms with Crippen molar-refractivity contribution in [2.24, 2.45) is 12.5 Å². The molecule has 0 radical (unpaired) electrons. The number of aryl methyl sites for hydroxylation is 1. The molecule has 0 bridgehead atoms. The lowest BCUT2D eigenvalue weighted by atomic mass is 9.78. The number of nitrogens with zero attached hydrogens (tertiary/aromatic N) is 2. The number of carbonyl (C=O) groups is 1. The number of hydrogen-bond acceptors (Lipinski definition) is 3. The van der Waals surface area contributed by atoms with Crippen molar-refractivity contribution in [3.05, 3.63) is 30.1 Å². The van der Waals surface area contributed by atoms with E-state index in [2.05, 4.69) is 17.2 Å². The van der Waals surface area contributed by atoms with Crippen molar-refractivity contribution < 1.29 is 4.79 Å². The molecule has 1 fully saturated rings. The third kappa shape index (κ3) is 2.04. The van der Waals surface area contributed by atoms with Crippen LogP contribution < -0.4 is 5.32 Å². The predicted octanol–water partition coefficient (Wildman–Crippen LogP) is 2.07. The third-order valence-corrected chi connectivity index (χ3v) is 4.71. The van der Waals surface area contributed by atoms with E-state index >= 15 is 0 Å². The molecule has 0 spiro atoms. The molecule has 106 valence electrons. The maximum atomic E-state index is 12.7. The summed E-state index contributed by atoms with van der Waals surface area (Å²) in [5, 5.41) is 3.32. The summed E-state index contributed by atoms with van der Waals surface area (Å²) in [7, 11) is 1.99. The second-order valence-corrected chi connectivity index (χ2v) is 5.74. The van der Waals surface area contributed by atoms with Gasteiger partial charge in [0.2, 0.25) is 0 Å². The molecule has 1 aromatic carbocycles. The van der Waals surface area contributed by atoms with Gasteiger partial charge in [0, 0.05) is 19.0 Å². The summed E-state index contributed by atoms with van der Waals surface area (Å²) in [4.78, 5) is 17.3. The van der Waals surface area contributed by atoms with Gasteiger partial charge in [0.15, 0.2) is 0 Å². The van der Waals surface area contributed by atoms with Crippen LogP contribution in [0.5, 0.6) is 0 Å². The van der Waals surface area contributed by atoms with Gasteiger partial charge in [-0.05, 0) is 31.5 Å². The van der Waals surface area contributed by atoms with E-state index in [0.29, 0.717) is 12.2 Å². The highest BCUT2D eigenvalue weighted by Crippen LogP contribution is 2.32. The second kappa shape index (κ2) is 5.02. The van der Waals surface area contributed by atoms with Gasteiger partial charge < -0.3 is 9.88 Å². The molecule has 2 aromatic rings. The van der Waals surface area contributed by atoms with Gasteiger partial charge in [-0.15, -0.1) is 0 Å². The van der Waals surface area contributed by atoms with E-state index < -0.39 is 0 Å². The Morgan fingerprint density at radius 2 is 2.25 bits per heavy atom. The van der Waals surface area contributed by atoms with Crippen molar-refractivity contribution in [3.63, 3.8) is 0 Å². The fraction of sp³-hybridized carbons (Fsp3) is 0.500. The van der Waals surface area contributed by atoms with Crippen molar-refractivity contribution in [1.29, 1.82) is 0 Å². The Morgan fingerprint density at radius 1 is 1.45 bits per heavy atom. The number of hydrogen-bond donors (Lipinski definition) is 1. The van der Waals surface area contributed by atoms with Gasteiger partial charge in [-0.2, -0.15) is 0 Å². The summed E-state index contributed by atoms with van der Waals surface area (Å²) in [6.45, 7) is 3.87. The molecule has 4 nitrogen and oxygen atoms in total. The lowest BCUT2D eigenvalue weighted by Gasteiger charge is -2.24. The zero-order valence-electron chi connectivity index (χ0n) is 12.1. The monoisotopic (exact) mass is 271 g/mol. The number of benzene rings is 1. The first-order valence-corrected chi connectivity index (χ1v) is 7.31. The van der Waals surface area contributed by atoms with Crippen LogP contribution in [0.1, 0.15) is 25.6 Å². The van der Waals surface area contributed by atoms with E-state index in [-0.39, 0.29) is 5.41 Å². The average Bonchev–Trinajstić information content (AvgIpc) is 3.06. The third-order valence-electron chi connectivity index (χ3n) is 4.71. The molecular formula is C16H21N3O. The van der Waals surface area contributed by atoms with Crippen LogP contribution in [-0.4, -0.2) is 28.4 Å². The number of ketones is 1.